The highest BCUT2D eigenvalue weighted by Crippen LogP contribution is 2.28. The van der Waals surface area contributed by atoms with Gasteiger partial charge in [-0.25, -0.2) is 0 Å². The summed E-state index contributed by atoms with van der Waals surface area (Å²) in [5.74, 6) is 1.82. The maximum absolute atomic E-state index is 8.62. The van der Waals surface area contributed by atoms with Gasteiger partial charge in [-0.05, 0) is 71.2 Å². The molecule has 0 bridgehead atoms. The number of rotatable bonds is 8. The minimum absolute atomic E-state index is 0.347. The standard InChI is InChI=1S/C26H24N2O2/c1-19(21-7-11-25(12-8-21)29-17-27)15-23-5-3-4-6-24(23)16-20(2)22-9-13-26(14-10-22)30-18-28/h3-14,19-20H,15-16H2,1-2H3. The Balaban J connectivity index is 1.70. The second kappa shape index (κ2) is 10.1. The first-order chi connectivity index (χ1) is 14.6. The molecule has 0 saturated heterocycles. The van der Waals surface area contributed by atoms with Gasteiger partial charge in [0.05, 0.1) is 0 Å². The van der Waals surface area contributed by atoms with Gasteiger partial charge in [-0.15, -0.1) is 10.5 Å². The van der Waals surface area contributed by atoms with Crippen LogP contribution in [-0.2, 0) is 12.8 Å². The lowest BCUT2D eigenvalue weighted by Gasteiger charge is -2.18. The lowest BCUT2D eigenvalue weighted by molar-refractivity contribution is 0.506. The smallest absolute Gasteiger partial charge is 0.292 e. The van der Waals surface area contributed by atoms with Crippen molar-refractivity contribution in [2.24, 2.45) is 0 Å². The summed E-state index contributed by atoms with van der Waals surface area (Å²) in [6, 6.07) is 24.0. The van der Waals surface area contributed by atoms with Crippen molar-refractivity contribution in [2.45, 2.75) is 38.5 Å². The Morgan fingerprint density at radius 2 is 1.00 bits per heavy atom. The molecule has 0 saturated carbocycles. The number of nitriles is 2. The predicted octanol–water partition coefficient (Wildman–Crippen LogP) is 6.10. The van der Waals surface area contributed by atoms with Crippen molar-refractivity contribution in [3.63, 3.8) is 0 Å². The van der Waals surface area contributed by atoms with Crippen LogP contribution in [0.2, 0.25) is 0 Å². The van der Waals surface area contributed by atoms with Crippen LogP contribution in [0.15, 0.2) is 72.8 Å². The summed E-state index contributed by atoms with van der Waals surface area (Å²) < 4.78 is 9.73. The van der Waals surface area contributed by atoms with Crippen molar-refractivity contribution in [1.82, 2.24) is 0 Å². The summed E-state index contributed by atoms with van der Waals surface area (Å²) in [6.45, 7) is 4.43. The fourth-order valence-electron chi connectivity index (χ4n) is 3.69. The van der Waals surface area contributed by atoms with E-state index in [1.165, 1.54) is 22.3 Å². The minimum atomic E-state index is 0.347. The average molecular weight is 396 g/mol. The van der Waals surface area contributed by atoms with Crippen LogP contribution in [-0.4, -0.2) is 0 Å². The van der Waals surface area contributed by atoms with Gasteiger partial charge in [-0.2, -0.15) is 0 Å². The second-order valence-electron chi connectivity index (χ2n) is 7.50. The summed E-state index contributed by atoms with van der Waals surface area (Å²) in [5, 5.41) is 17.2. The summed E-state index contributed by atoms with van der Waals surface area (Å²) in [5.41, 5.74) is 5.13. The van der Waals surface area contributed by atoms with E-state index in [-0.39, 0.29) is 0 Å². The summed E-state index contributed by atoms with van der Waals surface area (Å²) in [6.07, 6.45) is 5.28. The molecule has 3 aromatic carbocycles. The van der Waals surface area contributed by atoms with Gasteiger partial charge in [-0.1, -0.05) is 62.4 Å². The molecule has 150 valence electrons. The van der Waals surface area contributed by atoms with E-state index < -0.39 is 0 Å². The monoisotopic (exact) mass is 396 g/mol. The first kappa shape index (κ1) is 21.0. The van der Waals surface area contributed by atoms with E-state index >= 15 is 0 Å². The Morgan fingerprint density at radius 1 is 0.633 bits per heavy atom. The average Bonchev–Trinajstić information content (AvgIpc) is 2.76. The van der Waals surface area contributed by atoms with Crippen LogP contribution < -0.4 is 9.47 Å². The van der Waals surface area contributed by atoms with Gasteiger partial charge >= 0.3 is 0 Å². The molecule has 0 amide bonds. The van der Waals surface area contributed by atoms with E-state index in [9.17, 15) is 0 Å². The molecule has 30 heavy (non-hydrogen) atoms. The molecule has 0 spiro atoms. The molecule has 0 aliphatic heterocycles. The van der Waals surface area contributed by atoms with Crippen LogP contribution in [0, 0.1) is 23.0 Å². The third-order valence-electron chi connectivity index (χ3n) is 5.40. The van der Waals surface area contributed by atoms with Gasteiger partial charge in [-0.3, -0.25) is 0 Å². The maximum atomic E-state index is 8.62. The summed E-state index contributed by atoms with van der Waals surface area (Å²) >= 11 is 0. The fourth-order valence-corrected chi connectivity index (χ4v) is 3.69. The van der Waals surface area contributed by atoms with Gasteiger partial charge in [0.2, 0.25) is 0 Å². The van der Waals surface area contributed by atoms with Gasteiger partial charge in [0.1, 0.15) is 11.5 Å². The van der Waals surface area contributed by atoms with Gasteiger partial charge < -0.3 is 9.47 Å². The Kier molecular flexibility index (Phi) is 7.09. The van der Waals surface area contributed by atoms with Crippen LogP contribution in [0.25, 0.3) is 0 Å². The Labute approximate surface area is 177 Å². The number of hydrogen-bond donors (Lipinski definition) is 0. The molecule has 2 unspecified atom stereocenters. The number of benzene rings is 3. The molecule has 0 fully saturated rings. The zero-order valence-corrected chi connectivity index (χ0v) is 17.2. The Bertz CT molecular complexity index is 958. The third-order valence-corrected chi connectivity index (χ3v) is 5.40. The Hall–Kier alpha value is -3.76. The second-order valence-corrected chi connectivity index (χ2v) is 7.50. The van der Waals surface area contributed by atoms with Gasteiger partial charge in [0.15, 0.2) is 0 Å². The molecule has 0 aliphatic rings. The van der Waals surface area contributed by atoms with Crippen molar-refractivity contribution in [2.75, 3.05) is 0 Å². The van der Waals surface area contributed by atoms with Crippen LogP contribution in [0.1, 0.15) is 47.9 Å². The van der Waals surface area contributed by atoms with E-state index in [0.717, 1.165) is 12.8 Å². The molecule has 0 radical (unpaired) electrons. The van der Waals surface area contributed by atoms with Gasteiger partial charge in [0.25, 0.3) is 12.5 Å². The number of nitrogens with zero attached hydrogens (tertiary/aromatic N) is 2. The summed E-state index contributed by atoms with van der Waals surface area (Å²) in [4.78, 5) is 0. The van der Waals surface area contributed by atoms with E-state index in [2.05, 4.69) is 38.1 Å². The highest BCUT2D eigenvalue weighted by Gasteiger charge is 2.13. The molecule has 0 aliphatic carbocycles. The minimum Gasteiger partial charge on any atom is -0.388 e. The van der Waals surface area contributed by atoms with E-state index in [1.807, 2.05) is 48.5 Å². The quantitative estimate of drug-likeness (QED) is 0.432. The largest absolute Gasteiger partial charge is 0.388 e. The molecule has 4 nitrogen and oxygen atoms in total. The topological polar surface area (TPSA) is 66.0 Å². The van der Waals surface area contributed by atoms with E-state index in [0.29, 0.717) is 23.3 Å². The molecule has 4 heteroatoms. The molecule has 0 aromatic heterocycles. The molecular weight excluding hydrogens is 372 g/mol. The zero-order valence-electron chi connectivity index (χ0n) is 17.2. The normalized spacial score (nSPS) is 12.3. The SMILES string of the molecule is CC(Cc1ccccc1CC(C)c1ccc(OC#N)cc1)c1ccc(OC#N)cc1. The first-order valence-electron chi connectivity index (χ1n) is 9.99. The van der Waals surface area contributed by atoms with Crippen LogP contribution >= 0.6 is 0 Å². The van der Waals surface area contributed by atoms with Crippen molar-refractivity contribution < 1.29 is 9.47 Å². The highest BCUT2D eigenvalue weighted by atomic mass is 16.5. The number of hydrogen-bond acceptors (Lipinski definition) is 4. The maximum Gasteiger partial charge on any atom is 0.292 e. The van der Waals surface area contributed by atoms with Gasteiger partial charge in [0, 0.05) is 0 Å². The molecule has 0 heterocycles. The predicted molar refractivity (Wildman–Crippen MR) is 116 cm³/mol. The molecule has 0 N–H and O–H groups in total. The number of ether oxygens (including phenoxy) is 2. The van der Waals surface area contributed by atoms with E-state index in [4.69, 9.17) is 20.0 Å². The highest BCUT2D eigenvalue weighted by molar-refractivity contribution is 5.35. The lowest BCUT2D eigenvalue weighted by atomic mass is 9.87. The van der Waals surface area contributed by atoms with Crippen molar-refractivity contribution in [1.29, 1.82) is 10.5 Å². The molecule has 2 atom stereocenters. The fraction of sp³-hybridized carbons (Fsp3) is 0.231. The lowest BCUT2D eigenvalue weighted by Crippen LogP contribution is -2.05. The molecule has 3 rings (SSSR count). The third kappa shape index (κ3) is 5.40. The first-order valence-corrected chi connectivity index (χ1v) is 9.99. The van der Waals surface area contributed by atoms with Crippen molar-refractivity contribution in [3.05, 3.63) is 95.1 Å². The van der Waals surface area contributed by atoms with Crippen LogP contribution in [0.5, 0.6) is 11.5 Å². The molecule has 3 aromatic rings. The zero-order chi connectivity index (χ0) is 21.3. The van der Waals surface area contributed by atoms with Crippen LogP contribution in [0.3, 0.4) is 0 Å². The van der Waals surface area contributed by atoms with Crippen molar-refractivity contribution in [3.8, 4) is 24.0 Å². The Morgan fingerprint density at radius 3 is 1.33 bits per heavy atom. The van der Waals surface area contributed by atoms with E-state index in [1.54, 1.807) is 12.5 Å². The van der Waals surface area contributed by atoms with Crippen molar-refractivity contribution >= 4 is 0 Å². The summed E-state index contributed by atoms with van der Waals surface area (Å²) in [7, 11) is 0. The molecular formula is C26H24N2O2. The van der Waals surface area contributed by atoms with Crippen LogP contribution in [0.4, 0.5) is 0 Å².